The van der Waals surface area contributed by atoms with Crippen molar-refractivity contribution in [3.8, 4) is 0 Å². The summed E-state index contributed by atoms with van der Waals surface area (Å²) in [7, 11) is 0. The van der Waals surface area contributed by atoms with Crippen molar-refractivity contribution in [3.05, 3.63) is 64.7 Å². The van der Waals surface area contributed by atoms with Crippen LogP contribution in [0.5, 0.6) is 0 Å². The molecule has 1 atom stereocenters. The van der Waals surface area contributed by atoms with Crippen LogP contribution in [0.15, 0.2) is 47.4 Å². The second kappa shape index (κ2) is 6.96. The fourth-order valence-electron chi connectivity index (χ4n) is 2.54. The molecule has 0 aliphatic rings. The van der Waals surface area contributed by atoms with Gasteiger partial charge in [0, 0.05) is 10.6 Å². The summed E-state index contributed by atoms with van der Waals surface area (Å²) in [6.45, 7) is 6.38. The molecule has 2 aromatic carbocycles. The number of hydrogen-bond acceptors (Lipinski definition) is 2. The lowest BCUT2D eigenvalue weighted by Gasteiger charge is -2.15. The van der Waals surface area contributed by atoms with E-state index in [1.54, 1.807) is 11.8 Å². The van der Waals surface area contributed by atoms with Crippen molar-refractivity contribution < 1.29 is 5.11 Å². The first-order chi connectivity index (χ1) is 9.56. The molecule has 0 aliphatic carbocycles. The molecule has 0 aliphatic heterocycles. The van der Waals surface area contributed by atoms with Crippen molar-refractivity contribution in [1.82, 2.24) is 0 Å². The van der Waals surface area contributed by atoms with Gasteiger partial charge in [0.05, 0.1) is 6.10 Å². The van der Waals surface area contributed by atoms with Crippen LogP contribution in [0.1, 0.15) is 22.3 Å². The van der Waals surface area contributed by atoms with Crippen molar-refractivity contribution in [3.63, 3.8) is 0 Å². The number of hydrogen-bond donors (Lipinski definition) is 1. The zero-order chi connectivity index (χ0) is 14.5. The molecule has 1 N–H and O–H groups in total. The van der Waals surface area contributed by atoms with Gasteiger partial charge in [-0.3, -0.25) is 0 Å². The van der Waals surface area contributed by atoms with Crippen LogP contribution in [0.2, 0.25) is 0 Å². The highest BCUT2D eigenvalue weighted by Crippen LogP contribution is 2.22. The van der Waals surface area contributed by atoms with E-state index in [0.29, 0.717) is 0 Å². The number of aliphatic hydroxyl groups excluding tert-OH is 1. The first kappa shape index (κ1) is 15.1. The monoisotopic (exact) mass is 286 g/mol. The quantitative estimate of drug-likeness (QED) is 0.827. The Morgan fingerprint density at radius 3 is 2.20 bits per heavy atom. The van der Waals surface area contributed by atoms with E-state index in [4.69, 9.17) is 0 Å². The molecule has 2 rings (SSSR count). The molecule has 0 saturated heterocycles. The lowest BCUT2D eigenvalue weighted by atomic mass is 9.96. The van der Waals surface area contributed by atoms with Gasteiger partial charge in [0.2, 0.25) is 0 Å². The summed E-state index contributed by atoms with van der Waals surface area (Å²) in [5.41, 5.74) is 5.14. The first-order valence-electron chi connectivity index (χ1n) is 6.99. The van der Waals surface area contributed by atoms with Crippen LogP contribution in [0, 0.1) is 20.8 Å². The third kappa shape index (κ3) is 4.12. The average Bonchev–Trinajstić information content (AvgIpc) is 2.42. The smallest absolute Gasteiger partial charge is 0.0674 e. The summed E-state index contributed by atoms with van der Waals surface area (Å²) in [5.74, 6) is 0.733. The van der Waals surface area contributed by atoms with Gasteiger partial charge in [-0.25, -0.2) is 0 Å². The van der Waals surface area contributed by atoms with E-state index in [-0.39, 0.29) is 6.10 Å². The molecule has 0 spiro atoms. The molecule has 1 nitrogen and oxygen atoms in total. The largest absolute Gasteiger partial charge is 0.392 e. The highest BCUT2D eigenvalue weighted by Gasteiger charge is 2.11. The average molecular weight is 286 g/mol. The SMILES string of the molecule is Cc1cc(C)c(CC(O)CSc2ccccc2)c(C)c1. The summed E-state index contributed by atoms with van der Waals surface area (Å²) in [6, 6.07) is 14.6. The third-order valence-electron chi connectivity index (χ3n) is 3.47. The second-order valence-electron chi connectivity index (χ2n) is 5.36. The highest BCUT2D eigenvalue weighted by atomic mass is 32.2. The van der Waals surface area contributed by atoms with E-state index in [9.17, 15) is 5.11 Å². The van der Waals surface area contributed by atoms with E-state index < -0.39 is 0 Å². The lowest BCUT2D eigenvalue weighted by Crippen LogP contribution is -2.15. The Balaban J connectivity index is 1.96. The maximum Gasteiger partial charge on any atom is 0.0674 e. The Morgan fingerprint density at radius 1 is 1.00 bits per heavy atom. The van der Waals surface area contributed by atoms with Crippen LogP contribution in [-0.2, 0) is 6.42 Å². The van der Waals surface area contributed by atoms with E-state index in [0.717, 1.165) is 12.2 Å². The van der Waals surface area contributed by atoms with Gasteiger partial charge < -0.3 is 5.11 Å². The molecular weight excluding hydrogens is 264 g/mol. The van der Waals surface area contributed by atoms with Crippen molar-refractivity contribution in [1.29, 1.82) is 0 Å². The molecule has 0 bridgehead atoms. The third-order valence-corrected chi connectivity index (χ3v) is 4.62. The van der Waals surface area contributed by atoms with Gasteiger partial charge in [0.15, 0.2) is 0 Å². The van der Waals surface area contributed by atoms with E-state index in [2.05, 4.69) is 45.0 Å². The van der Waals surface area contributed by atoms with Crippen molar-refractivity contribution in [2.24, 2.45) is 0 Å². The summed E-state index contributed by atoms with van der Waals surface area (Å²) < 4.78 is 0. The number of thioether (sulfide) groups is 1. The molecule has 0 heterocycles. The van der Waals surface area contributed by atoms with Gasteiger partial charge in [-0.1, -0.05) is 35.9 Å². The highest BCUT2D eigenvalue weighted by molar-refractivity contribution is 7.99. The minimum atomic E-state index is -0.305. The van der Waals surface area contributed by atoms with Gasteiger partial charge in [-0.2, -0.15) is 0 Å². The van der Waals surface area contributed by atoms with Gasteiger partial charge >= 0.3 is 0 Å². The number of benzene rings is 2. The van der Waals surface area contributed by atoms with Crippen LogP contribution < -0.4 is 0 Å². The van der Waals surface area contributed by atoms with Crippen LogP contribution in [0.4, 0.5) is 0 Å². The Hall–Kier alpha value is -1.25. The molecule has 20 heavy (non-hydrogen) atoms. The molecule has 0 saturated carbocycles. The normalized spacial score (nSPS) is 12.4. The molecule has 0 radical (unpaired) electrons. The van der Waals surface area contributed by atoms with Crippen LogP contribution >= 0.6 is 11.8 Å². The van der Waals surface area contributed by atoms with Crippen LogP contribution in [0.25, 0.3) is 0 Å². The number of aliphatic hydroxyl groups is 1. The lowest BCUT2D eigenvalue weighted by molar-refractivity contribution is 0.199. The van der Waals surface area contributed by atoms with Crippen LogP contribution in [-0.4, -0.2) is 17.0 Å². The fraction of sp³-hybridized carbons (Fsp3) is 0.333. The Bertz CT molecular complexity index is 540. The first-order valence-corrected chi connectivity index (χ1v) is 7.97. The zero-order valence-electron chi connectivity index (χ0n) is 12.4. The molecule has 2 aromatic rings. The number of aryl methyl sites for hydroxylation is 3. The molecular formula is C18H22OS. The maximum atomic E-state index is 10.3. The fourth-order valence-corrected chi connectivity index (χ4v) is 3.39. The summed E-state index contributed by atoms with van der Waals surface area (Å²) in [4.78, 5) is 1.21. The van der Waals surface area contributed by atoms with Crippen molar-refractivity contribution in [2.45, 2.75) is 38.2 Å². The topological polar surface area (TPSA) is 20.2 Å². The maximum absolute atomic E-state index is 10.3. The molecule has 1 unspecified atom stereocenters. The standard InChI is InChI=1S/C18H22OS/c1-13-9-14(2)18(15(3)10-13)11-16(19)12-20-17-7-5-4-6-8-17/h4-10,16,19H,11-12H2,1-3H3. The zero-order valence-corrected chi connectivity index (χ0v) is 13.2. The Labute approximate surface area is 126 Å². The summed E-state index contributed by atoms with van der Waals surface area (Å²) in [5, 5.41) is 10.3. The molecule has 0 fully saturated rings. The van der Waals surface area contributed by atoms with E-state index in [1.165, 1.54) is 27.1 Å². The Kier molecular flexibility index (Phi) is 5.27. The van der Waals surface area contributed by atoms with Gasteiger partial charge in [0.1, 0.15) is 0 Å². The van der Waals surface area contributed by atoms with Gasteiger partial charge in [-0.05, 0) is 56.0 Å². The summed E-state index contributed by atoms with van der Waals surface area (Å²) >= 11 is 1.71. The molecule has 0 aromatic heterocycles. The van der Waals surface area contributed by atoms with Gasteiger partial charge in [-0.15, -0.1) is 11.8 Å². The summed E-state index contributed by atoms with van der Waals surface area (Å²) in [6.07, 6.45) is 0.429. The predicted molar refractivity (Wildman–Crippen MR) is 87.5 cm³/mol. The molecule has 2 heteroatoms. The van der Waals surface area contributed by atoms with E-state index >= 15 is 0 Å². The minimum absolute atomic E-state index is 0.305. The van der Waals surface area contributed by atoms with Crippen LogP contribution in [0.3, 0.4) is 0 Å². The van der Waals surface area contributed by atoms with Crippen molar-refractivity contribution >= 4 is 11.8 Å². The predicted octanol–water partition coefficient (Wildman–Crippen LogP) is 4.31. The van der Waals surface area contributed by atoms with Gasteiger partial charge in [0.25, 0.3) is 0 Å². The molecule has 0 amide bonds. The number of rotatable bonds is 5. The second-order valence-corrected chi connectivity index (χ2v) is 6.45. The van der Waals surface area contributed by atoms with E-state index in [1.807, 2.05) is 18.2 Å². The van der Waals surface area contributed by atoms with Crippen molar-refractivity contribution in [2.75, 3.05) is 5.75 Å². The minimum Gasteiger partial charge on any atom is -0.392 e. The Morgan fingerprint density at radius 2 is 1.60 bits per heavy atom. The molecule has 106 valence electrons.